The van der Waals surface area contributed by atoms with Crippen molar-refractivity contribution in [3.63, 3.8) is 0 Å². The van der Waals surface area contributed by atoms with E-state index in [-0.39, 0.29) is 0 Å². The summed E-state index contributed by atoms with van der Waals surface area (Å²) in [6, 6.07) is 8.45. The van der Waals surface area contributed by atoms with Gasteiger partial charge in [0.1, 0.15) is 0 Å². The second-order valence-corrected chi connectivity index (χ2v) is 5.27. The molecule has 0 heteroatoms. The number of allylic oxidation sites excluding steroid dienone is 1. The normalized spacial score (nSPS) is 10.4. The van der Waals surface area contributed by atoms with E-state index in [0.717, 1.165) is 5.92 Å². The van der Waals surface area contributed by atoms with Crippen LogP contribution in [-0.2, 0) is 0 Å². The summed E-state index contributed by atoms with van der Waals surface area (Å²) in [5.41, 5.74) is 2.68. The maximum absolute atomic E-state index is 3.71. The second-order valence-electron chi connectivity index (χ2n) is 5.27. The van der Waals surface area contributed by atoms with Gasteiger partial charge in [-0.2, -0.15) is 0 Å². The van der Waals surface area contributed by atoms with Crippen molar-refractivity contribution >= 4 is 0 Å². The molecule has 1 rings (SSSR count). The molecule has 0 amide bonds. The fourth-order valence-electron chi connectivity index (χ4n) is 1.91. The van der Waals surface area contributed by atoms with Gasteiger partial charge in [-0.3, -0.25) is 0 Å². The second kappa shape index (κ2) is 15.8. The lowest BCUT2D eigenvalue weighted by Crippen LogP contribution is -1.92. The van der Waals surface area contributed by atoms with Gasteiger partial charge < -0.3 is 0 Å². The highest BCUT2D eigenvalue weighted by Gasteiger charge is 1.98. The lowest BCUT2D eigenvalue weighted by Gasteiger charge is -2.07. The SMILES string of the molecule is C=C.C=CCCC(C)CCCC.Cc1cccc(C)c1. The van der Waals surface area contributed by atoms with Crippen molar-refractivity contribution in [3.8, 4) is 0 Å². The summed E-state index contributed by atoms with van der Waals surface area (Å²) in [4.78, 5) is 0. The van der Waals surface area contributed by atoms with Crippen LogP contribution < -0.4 is 0 Å². The van der Waals surface area contributed by atoms with Gasteiger partial charge in [-0.1, -0.05) is 74.6 Å². The van der Waals surface area contributed by atoms with Crippen LogP contribution in [0.15, 0.2) is 50.1 Å². The van der Waals surface area contributed by atoms with E-state index in [1.165, 1.54) is 43.2 Å². The van der Waals surface area contributed by atoms with Crippen molar-refractivity contribution in [3.05, 3.63) is 61.2 Å². The Balaban J connectivity index is 0. The monoisotopic (exact) mass is 274 g/mol. The molecular formula is C20H34. The molecule has 114 valence electrons. The van der Waals surface area contributed by atoms with Crippen LogP contribution in [-0.4, -0.2) is 0 Å². The van der Waals surface area contributed by atoms with Crippen molar-refractivity contribution in [1.82, 2.24) is 0 Å². The van der Waals surface area contributed by atoms with E-state index in [0.29, 0.717) is 0 Å². The average molecular weight is 274 g/mol. The Labute approximate surface area is 127 Å². The minimum absolute atomic E-state index is 0.901. The quantitative estimate of drug-likeness (QED) is 0.496. The van der Waals surface area contributed by atoms with Gasteiger partial charge in [-0.05, 0) is 32.6 Å². The third-order valence-electron chi connectivity index (χ3n) is 3.09. The van der Waals surface area contributed by atoms with Crippen molar-refractivity contribution in [2.75, 3.05) is 0 Å². The largest absolute Gasteiger partial charge is 0.106 e. The maximum Gasteiger partial charge on any atom is -0.0351 e. The van der Waals surface area contributed by atoms with E-state index in [1.54, 1.807) is 0 Å². The van der Waals surface area contributed by atoms with Crippen LogP contribution in [0.25, 0.3) is 0 Å². The fourth-order valence-corrected chi connectivity index (χ4v) is 1.91. The summed E-state index contributed by atoms with van der Waals surface area (Å²) in [7, 11) is 0. The molecule has 0 saturated heterocycles. The molecular weight excluding hydrogens is 240 g/mol. The van der Waals surface area contributed by atoms with E-state index in [1.807, 2.05) is 6.08 Å². The minimum Gasteiger partial charge on any atom is -0.106 e. The molecule has 0 aliphatic heterocycles. The van der Waals surface area contributed by atoms with Gasteiger partial charge in [0.15, 0.2) is 0 Å². The third-order valence-corrected chi connectivity index (χ3v) is 3.09. The topological polar surface area (TPSA) is 0 Å². The Morgan fingerprint density at radius 3 is 2.00 bits per heavy atom. The van der Waals surface area contributed by atoms with E-state index in [2.05, 4.69) is 71.7 Å². The molecule has 0 spiro atoms. The molecule has 0 saturated carbocycles. The molecule has 0 nitrogen and oxygen atoms in total. The molecule has 20 heavy (non-hydrogen) atoms. The molecule has 1 unspecified atom stereocenters. The first-order valence-corrected chi connectivity index (χ1v) is 7.74. The first-order chi connectivity index (χ1) is 9.60. The van der Waals surface area contributed by atoms with Crippen molar-refractivity contribution in [2.24, 2.45) is 5.92 Å². The van der Waals surface area contributed by atoms with Crippen LogP contribution in [0.1, 0.15) is 57.1 Å². The Kier molecular flexibility index (Phi) is 16.5. The first-order valence-electron chi connectivity index (χ1n) is 7.74. The standard InChI is InChI=1S/C10H20.C8H10.C2H4/c1-4-6-8-10(3)9-7-5-2;1-7-4-3-5-8(2)6-7;1-2/h4,10H,1,5-9H2,2-3H3;3-6H,1-2H3;1-2H2. The summed E-state index contributed by atoms with van der Waals surface area (Å²) in [6.07, 6.45) is 8.64. The van der Waals surface area contributed by atoms with Gasteiger partial charge in [0.25, 0.3) is 0 Å². The van der Waals surface area contributed by atoms with Crippen molar-refractivity contribution in [2.45, 2.75) is 59.8 Å². The Bertz CT molecular complexity index is 307. The molecule has 0 aromatic heterocycles. The number of aryl methyl sites for hydroxylation is 2. The van der Waals surface area contributed by atoms with Crippen LogP contribution in [0.5, 0.6) is 0 Å². The van der Waals surface area contributed by atoms with Crippen molar-refractivity contribution in [1.29, 1.82) is 0 Å². The molecule has 0 heterocycles. The summed E-state index contributed by atoms with van der Waals surface area (Å²) in [5.74, 6) is 0.901. The van der Waals surface area contributed by atoms with Gasteiger partial charge >= 0.3 is 0 Å². The zero-order valence-electron chi connectivity index (χ0n) is 14.1. The van der Waals surface area contributed by atoms with Gasteiger partial charge in [-0.15, -0.1) is 19.7 Å². The molecule has 1 aromatic carbocycles. The first kappa shape index (κ1) is 21.0. The molecule has 0 aliphatic rings. The lowest BCUT2D eigenvalue weighted by molar-refractivity contribution is 0.476. The number of hydrogen-bond acceptors (Lipinski definition) is 0. The summed E-state index contributed by atoms with van der Waals surface area (Å²) in [6.45, 7) is 18.5. The fraction of sp³-hybridized carbons (Fsp3) is 0.500. The summed E-state index contributed by atoms with van der Waals surface area (Å²) in [5, 5.41) is 0. The van der Waals surface area contributed by atoms with Crippen molar-refractivity contribution < 1.29 is 0 Å². The molecule has 0 bridgehead atoms. The Hall–Kier alpha value is -1.30. The summed E-state index contributed by atoms with van der Waals surface area (Å²) >= 11 is 0. The predicted molar refractivity (Wildman–Crippen MR) is 95.3 cm³/mol. The number of benzene rings is 1. The Morgan fingerprint density at radius 1 is 1.10 bits per heavy atom. The van der Waals surface area contributed by atoms with Crippen LogP contribution in [0, 0.1) is 19.8 Å². The zero-order valence-corrected chi connectivity index (χ0v) is 14.1. The molecule has 0 aliphatic carbocycles. The summed E-state index contributed by atoms with van der Waals surface area (Å²) < 4.78 is 0. The van der Waals surface area contributed by atoms with Crippen LogP contribution in [0.3, 0.4) is 0 Å². The lowest BCUT2D eigenvalue weighted by atomic mass is 9.99. The van der Waals surface area contributed by atoms with Crippen LogP contribution in [0.2, 0.25) is 0 Å². The van der Waals surface area contributed by atoms with E-state index in [4.69, 9.17) is 0 Å². The van der Waals surface area contributed by atoms with E-state index in [9.17, 15) is 0 Å². The number of unbranched alkanes of at least 4 members (excludes halogenated alkanes) is 1. The predicted octanol–water partition coefficient (Wildman–Crippen LogP) is 6.88. The molecule has 1 aromatic rings. The van der Waals surface area contributed by atoms with Gasteiger partial charge in [0.2, 0.25) is 0 Å². The minimum atomic E-state index is 0.901. The third kappa shape index (κ3) is 14.8. The highest BCUT2D eigenvalue weighted by atomic mass is 14.0. The molecule has 0 radical (unpaired) electrons. The smallest absolute Gasteiger partial charge is 0.0351 e. The highest BCUT2D eigenvalue weighted by Crippen LogP contribution is 2.13. The van der Waals surface area contributed by atoms with Gasteiger partial charge in [0.05, 0.1) is 0 Å². The zero-order chi connectivity index (χ0) is 15.8. The highest BCUT2D eigenvalue weighted by molar-refractivity contribution is 5.20. The van der Waals surface area contributed by atoms with Gasteiger partial charge in [-0.25, -0.2) is 0 Å². The van der Waals surface area contributed by atoms with E-state index >= 15 is 0 Å². The number of hydrogen-bond donors (Lipinski definition) is 0. The maximum atomic E-state index is 3.71. The van der Waals surface area contributed by atoms with Crippen LogP contribution in [0.4, 0.5) is 0 Å². The molecule has 1 atom stereocenters. The van der Waals surface area contributed by atoms with E-state index < -0.39 is 0 Å². The van der Waals surface area contributed by atoms with Crippen LogP contribution >= 0.6 is 0 Å². The van der Waals surface area contributed by atoms with Gasteiger partial charge in [0, 0.05) is 0 Å². The average Bonchev–Trinajstić information content (AvgIpc) is 2.45. The molecule has 0 N–H and O–H groups in total. The Morgan fingerprint density at radius 2 is 1.65 bits per heavy atom. The molecule has 0 fully saturated rings. The number of rotatable bonds is 6.